The molecule has 1 fully saturated rings. The van der Waals surface area contributed by atoms with Gasteiger partial charge in [0.05, 0.1) is 26.1 Å². The molecule has 1 N–H and O–H groups in total. The fourth-order valence-electron chi connectivity index (χ4n) is 3.48. The van der Waals surface area contributed by atoms with Crippen molar-refractivity contribution in [2.75, 3.05) is 72.7 Å². The number of carbonyl (C=O) groups excluding carboxylic acids is 2. The lowest BCUT2D eigenvalue weighted by molar-refractivity contribution is -0.147. The van der Waals surface area contributed by atoms with Crippen LogP contribution in [0.4, 0.5) is 0 Å². The Bertz CT molecular complexity index is 871. The molecule has 1 amide bonds. The summed E-state index contributed by atoms with van der Waals surface area (Å²) in [5.41, 5.74) is 0.409. The van der Waals surface area contributed by atoms with E-state index in [1.807, 2.05) is 11.8 Å². The zero-order valence-electron chi connectivity index (χ0n) is 20.0. The van der Waals surface area contributed by atoms with Gasteiger partial charge in [-0.1, -0.05) is 6.92 Å². The Morgan fingerprint density at radius 2 is 1.74 bits per heavy atom. The van der Waals surface area contributed by atoms with Crippen molar-refractivity contribution in [3.8, 4) is 5.75 Å². The number of piperazine rings is 1. The van der Waals surface area contributed by atoms with Crippen molar-refractivity contribution in [1.82, 2.24) is 14.5 Å². The van der Waals surface area contributed by atoms with E-state index in [4.69, 9.17) is 18.9 Å². The number of hydrogen-bond donors (Lipinski definition) is 1. The molecular formula is C22H35N3O8S. The van der Waals surface area contributed by atoms with Crippen molar-refractivity contribution < 1.29 is 37.0 Å². The van der Waals surface area contributed by atoms with Crippen LogP contribution in [0.5, 0.6) is 5.75 Å². The monoisotopic (exact) mass is 501 g/mol. The van der Waals surface area contributed by atoms with Crippen LogP contribution in [0.2, 0.25) is 0 Å². The lowest BCUT2D eigenvalue weighted by Crippen LogP contribution is -2.57. The minimum absolute atomic E-state index is 0.0405. The van der Waals surface area contributed by atoms with E-state index >= 15 is 0 Å². The van der Waals surface area contributed by atoms with Gasteiger partial charge < -0.3 is 24.3 Å². The summed E-state index contributed by atoms with van der Waals surface area (Å²) < 4.78 is 46.5. The second-order valence-electron chi connectivity index (χ2n) is 7.69. The van der Waals surface area contributed by atoms with Crippen LogP contribution < -0.4 is 10.1 Å². The summed E-state index contributed by atoms with van der Waals surface area (Å²) in [5.74, 6) is -0.172. The first kappa shape index (κ1) is 28.0. The third-order valence-electron chi connectivity index (χ3n) is 5.36. The number of ether oxygens (including phenoxy) is 4. The van der Waals surface area contributed by atoms with Gasteiger partial charge in [-0.2, -0.15) is 4.31 Å². The number of esters is 1. The van der Waals surface area contributed by atoms with Crippen LogP contribution in [0.3, 0.4) is 0 Å². The molecule has 192 valence electrons. The van der Waals surface area contributed by atoms with E-state index in [0.717, 1.165) is 0 Å². The maximum absolute atomic E-state index is 12.6. The number of nitrogens with one attached hydrogen (secondary N) is 1. The molecule has 2 rings (SSSR count). The topological polar surface area (TPSA) is 124 Å². The van der Waals surface area contributed by atoms with Gasteiger partial charge in [0.15, 0.2) is 6.79 Å². The number of benzene rings is 1. The normalized spacial score (nSPS) is 16.1. The second-order valence-corrected chi connectivity index (χ2v) is 9.78. The van der Waals surface area contributed by atoms with E-state index in [2.05, 4.69) is 5.32 Å². The summed E-state index contributed by atoms with van der Waals surface area (Å²) in [5, 5.41) is 2.77. The fourth-order valence-corrected chi connectivity index (χ4v) is 4.98. The van der Waals surface area contributed by atoms with Gasteiger partial charge in [0.1, 0.15) is 11.8 Å². The highest BCUT2D eigenvalue weighted by molar-refractivity contribution is 7.89. The number of amides is 1. The first-order valence-electron chi connectivity index (χ1n) is 11.2. The number of methoxy groups -OCH3 is 2. The van der Waals surface area contributed by atoms with Crippen molar-refractivity contribution in [3.05, 3.63) is 29.8 Å². The molecular weight excluding hydrogens is 466 g/mol. The molecule has 1 unspecified atom stereocenters. The van der Waals surface area contributed by atoms with E-state index in [1.165, 1.54) is 11.4 Å². The average Bonchev–Trinajstić information content (AvgIpc) is 2.84. The van der Waals surface area contributed by atoms with Crippen molar-refractivity contribution in [2.45, 2.75) is 19.4 Å². The molecule has 0 saturated carbocycles. The predicted octanol–water partition coefficient (Wildman–Crippen LogP) is 0.315. The van der Waals surface area contributed by atoms with Crippen LogP contribution in [0.25, 0.3) is 0 Å². The Labute approximate surface area is 201 Å². The molecule has 0 aromatic heterocycles. The van der Waals surface area contributed by atoms with Crippen molar-refractivity contribution in [2.24, 2.45) is 0 Å². The molecule has 1 aliphatic rings. The minimum atomic E-state index is -3.29. The molecule has 1 aromatic rings. The quantitative estimate of drug-likeness (QED) is 0.218. The maximum atomic E-state index is 12.6. The Morgan fingerprint density at radius 1 is 1.06 bits per heavy atom. The van der Waals surface area contributed by atoms with Gasteiger partial charge in [-0.05, 0) is 30.7 Å². The zero-order chi connectivity index (χ0) is 25.0. The molecule has 11 nitrogen and oxygen atoms in total. The lowest BCUT2D eigenvalue weighted by atomic mass is 10.1. The molecule has 0 bridgehead atoms. The highest BCUT2D eigenvalue weighted by Crippen LogP contribution is 2.14. The second kappa shape index (κ2) is 14.2. The first-order chi connectivity index (χ1) is 16.3. The molecule has 1 aromatic carbocycles. The summed E-state index contributed by atoms with van der Waals surface area (Å²) in [7, 11) is -0.413. The van der Waals surface area contributed by atoms with E-state index in [9.17, 15) is 18.0 Å². The summed E-state index contributed by atoms with van der Waals surface area (Å²) in [4.78, 5) is 26.8. The maximum Gasteiger partial charge on any atom is 0.324 e. The Kier molecular flexibility index (Phi) is 11.7. The van der Waals surface area contributed by atoms with Crippen LogP contribution in [0.1, 0.15) is 23.7 Å². The van der Waals surface area contributed by atoms with Crippen molar-refractivity contribution in [1.29, 1.82) is 0 Å². The van der Waals surface area contributed by atoms with E-state index in [0.29, 0.717) is 57.1 Å². The largest absolute Gasteiger partial charge is 0.468 e. The highest BCUT2D eigenvalue weighted by Gasteiger charge is 2.33. The van der Waals surface area contributed by atoms with Crippen LogP contribution in [-0.4, -0.2) is 108 Å². The standard InChI is InChI=1S/C22H35N3O8S/c1-4-15-34(28,29)25-11-9-24(10-12-25)20(22(27)31-3)16-23-21(26)18-5-7-19(8-6-18)33-17-32-14-13-30-2/h5-8,20H,4,9-17H2,1-3H3,(H,23,26). The third kappa shape index (κ3) is 8.51. The van der Waals surface area contributed by atoms with Crippen LogP contribution in [-0.2, 0) is 29.0 Å². The Balaban J connectivity index is 1.88. The summed E-state index contributed by atoms with van der Waals surface area (Å²) >= 11 is 0. The predicted molar refractivity (Wildman–Crippen MR) is 125 cm³/mol. The molecule has 0 aliphatic carbocycles. The van der Waals surface area contributed by atoms with Gasteiger partial charge in [-0.15, -0.1) is 0 Å². The molecule has 0 radical (unpaired) electrons. The van der Waals surface area contributed by atoms with Gasteiger partial charge in [0.25, 0.3) is 5.91 Å². The number of carbonyl (C=O) groups is 2. The van der Waals surface area contributed by atoms with Gasteiger partial charge in [-0.3, -0.25) is 14.5 Å². The molecule has 12 heteroatoms. The van der Waals surface area contributed by atoms with Crippen molar-refractivity contribution >= 4 is 21.9 Å². The van der Waals surface area contributed by atoms with Crippen LogP contribution in [0, 0.1) is 0 Å². The summed E-state index contributed by atoms with van der Waals surface area (Å²) in [6, 6.07) is 5.83. The number of nitrogens with zero attached hydrogens (tertiary/aromatic N) is 2. The first-order valence-corrected chi connectivity index (χ1v) is 12.8. The number of rotatable bonds is 14. The third-order valence-corrected chi connectivity index (χ3v) is 7.43. The molecule has 1 aliphatic heterocycles. The Hall–Kier alpha value is -2.25. The van der Waals surface area contributed by atoms with Gasteiger partial charge in [0, 0.05) is 45.4 Å². The molecule has 1 heterocycles. The smallest absolute Gasteiger partial charge is 0.324 e. The number of hydrogen-bond acceptors (Lipinski definition) is 9. The highest BCUT2D eigenvalue weighted by atomic mass is 32.2. The molecule has 0 spiro atoms. The van der Waals surface area contributed by atoms with E-state index in [-0.39, 0.29) is 25.0 Å². The van der Waals surface area contributed by atoms with Gasteiger partial charge in [0.2, 0.25) is 10.0 Å². The molecule has 1 saturated heterocycles. The van der Waals surface area contributed by atoms with Crippen molar-refractivity contribution in [3.63, 3.8) is 0 Å². The lowest BCUT2D eigenvalue weighted by Gasteiger charge is -2.37. The van der Waals surface area contributed by atoms with E-state index < -0.39 is 22.0 Å². The zero-order valence-corrected chi connectivity index (χ0v) is 20.8. The van der Waals surface area contributed by atoms with Gasteiger partial charge in [-0.25, -0.2) is 8.42 Å². The minimum Gasteiger partial charge on any atom is -0.468 e. The van der Waals surface area contributed by atoms with Gasteiger partial charge >= 0.3 is 5.97 Å². The molecule has 34 heavy (non-hydrogen) atoms. The van der Waals surface area contributed by atoms with E-state index in [1.54, 1.807) is 31.4 Å². The average molecular weight is 502 g/mol. The fraction of sp³-hybridized carbons (Fsp3) is 0.636. The molecule has 1 atom stereocenters. The number of sulfonamides is 1. The van der Waals surface area contributed by atoms with Crippen LogP contribution in [0.15, 0.2) is 24.3 Å². The van der Waals surface area contributed by atoms with Crippen LogP contribution >= 0.6 is 0 Å². The SMILES string of the molecule is CCCS(=O)(=O)N1CCN(C(CNC(=O)c2ccc(OCOCCOC)cc2)C(=O)OC)CC1. The summed E-state index contributed by atoms with van der Waals surface area (Å²) in [6.45, 7) is 4.16. The summed E-state index contributed by atoms with van der Waals surface area (Å²) in [6.07, 6.45) is 0.550. The Morgan fingerprint density at radius 3 is 2.32 bits per heavy atom.